The minimum Gasteiger partial charge on any atom is -0.493 e. The van der Waals surface area contributed by atoms with Gasteiger partial charge in [-0.2, -0.15) is 0 Å². The molecule has 1 amide bonds. The van der Waals surface area contributed by atoms with E-state index in [1.54, 1.807) is 55.9 Å². The lowest BCUT2D eigenvalue weighted by Gasteiger charge is -2.11. The van der Waals surface area contributed by atoms with Gasteiger partial charge < -0.3 is 19.9 Å². The molecule has 0 aliphatic rings. The molecule has 0 saturated heterocycles. The number of nitrogens with zero attached hydrogens (tertiary/aromatic N) is 1. The van der Waals surface area contributed by atoms with Crippen molar-refractivity contribution in [3.05, 3.63) is 89.8 Å². The maximum atomic E-state index is 12.2. The Morgan fingerprint density at radius 1 is 1.06 bits per heavy atom. The zero-order chi connectivity index (χ0) is 22.1. The molecule has 0 atom stereocenters. The number of carbonyl (C=O) groups excluding carboxylic acids is 1. The number of hydrogen-bond acceptors (Lipinski definition) is 5. The number of hydrogen-bond donors (Lipinski definition) is 2. The van der Waals surface area contributed by atoms with Gasteiger partial charge in [-0.1, -0.05) is 18.2 Å². The normalized spacial score (nSPS) is 10.6. The summed E-state index contributed by atoms with van der Waals surface area (Å²) in [4.78, 5) is 27.4. The second kappa shape index (κ2) is 10.6. The fourth-order valence-electron chi connectivity index (χ4n) is 2.86. The van der Waals surface area contributed by atoms with E-state index in [0.29, 0.717) is 18.1 Å². The van der Waals surface area contributed by atoms with Crippen LogP contribution in [0.3, 0.4) is 0 Å². The van der Waals surface area contributed by atoms with Crippen molar-refractivity contribution in [2.45, 2.75) is 6.42 Å². The van der Waals surface area contributed by atoms with Crippen LogP contribution in [-0.4, -0.2) is 35.7 Å². The maximum Gasteiger partial charge on any atom is 0.337 e. The van der Waals surface area contributed by atoms with Crippen LogP contribution in [0, 0.1) is 0 Å². The van der Waals surface area contributed by atoms with Crippen LogP contribution in [0.5, 0.6) is 11.5 Å². The Morgan fingerprint density at radius 3 is 2.58 bits per heavy atom. The Balaban J connectivity index is 1.62. The van der Waals surface area contributed by atoms with Crippen molar-refractivity contribution >= 4 is 23.6 Å². The fourth-order valence-corrected chi connectivity index (χ4v) is 2.86. The van der Waals surface area contributed by atoms with E-state index in [1.807, 2.05) is 12.1 Å². The van der Waals surface area contributed by atoms with Gasteiger partial charge in [-0.15, -0.1) is 0 Å². The highest BCUT2D eigenvalue weighted by molar-refractivity contribution is 6.06. The SMILES string of the molecule is COc1cc(/C=C/C(=O)Nc2ccccc2C(=O)O)ccc1OCCc1ccncc1. The van der Waals surface area contributed by atoms with Crippen molar-refractivity contribution in [1.29, 1.82) is 0 Å². The first-order valence-corrected chi connectivity index (χ1v) is 9.58. The Morgan fingerprint density at radius 2 is 1.84 bits per heavy atom. The van der Waals surface area contributed by atoms with E-state index in [2.05, 4.69) is 10.3 Å². The van der Waals surface area contributed by atoms with Crippen LogP contribution < -0.4 is 14.8 Å². The summed E-state index contributed by atoms with van der Waals surface area (Å²) in [6.07, 6.45) is 7.17. The van der Waals surface area contributed by atoms with Crippen LogP contribution in [-0.2, 0) is 11.2 Å². The first-order valence-electron chi connectivity index (χ1n) is 9.58. The van der Waals surface area contributed by atoms with Crippen LogP contribution in [0.4, 0.5) is 5.69 Å². The number of benzene rings is 2. The van der Waals surface area contributed by atoms with E-state index >= 15 is 0 Å². The first kappa shape index (κ1) is 21.6. The van der Waals surface area contributed by atoms with E-state index in [0.717, 1.165) is 17.5 Å². The van der Waals surface area contributed by atoms with Crippen molar-refractivity contribution in [2.75, 3.05) is 19.0 Å². The van der Waals surface area contributed by atoms with Gasteiger partial charge >= 0.3 is 5.97 Å². The smallest absolute Gasteiger partial charge is 0.337 e. The molecule has 1 aromatic heterocycles. The fraction of sp³-hybridized carbons (Fsp3) is 0.125. The van der Waals surface area contributed by atoms with Gasteiger partial charge in [0.1, 0.15) is 0 Å². The second-order valence-corrected chi connectivity index (χ2v) is 6.54. The van der Waals surface area contributed by atoms with Crippen LogP contribution >= 0.6 is 0 Å². The summed E-state index contributed by atoms with van der Waals surface area (Å²) in [5.74, 6) is -0.392. The minimum atomic E-state index is -1.11. The first-order chi connectivity index (χ1) is 15.1. The summed E-state index contributed by atoms with van der Waals surface area (Å²) in [7, 11) is 1.55. The topological polar surface area (TPSA) is 97.8 Å². The van der Waals surface area contributed by atoms with Gasteiger partial charge in [0.2, 0.25) is 5.91 Å². The van der Waals surface area contributed by atoms with E-state index in [1.165, 1.54) is 18.2 Å². The molecule has 0 radical (unpaired) electrons. The highest BCUT2D eigenvalue weighted by atomic mass is 16.5. The number of para-hydroxylation sites is 1. The number of aromatic nitrogens is 1. The molecule has 1 heterocycles. The number of carbonyl (C=O) groups is 2. The number of carboxylic acids is 1. The predicted octanol–water partition coefficient (Wildman–Crippen LogP) is 4.06. The molecule has 0 spiro atoms. The third kappa shape index (κ3) is 6.17. The van der Waals surface area contributed by atoms with Gasteiger partial charge in [0.15, 0.2) is 11.5 Å². The van der Waals surface area contributed by atoms with Gasteiger partial charge in [0, 0.05) is 24.9 Å². The van der Waals surface area contributed by atoms with E-state index < -0.39 is 11.9 Å². The summed E-state index contributed by atoms with van der Waals surface area (Å²) in [5, 5.41) is 11.8. The van der Waals surface area contributed by atoms with Crippen molar-refractivity contribution < 1.29 is 24.2 Å². The van der Waals surface area contributed by atoms with Crippen molar-refractivity contribution in [2.24, 2.45) is 0 Å². The number of nitrogens with one attached hydrogen (secondary N) is 1. The standard InChI is InChI=1S/C24H22N2O5/c1-30-22-16-18(6-8-21(22)31-15-12-17-10-13-25-14-11-17)7-9-23(27)26-20-5-3-2-4-19(20)24(28)29/h2-11,13-14,16H,12,15H2,1H3,(H,26,27)(H,28,29)/b9-7+. The van der Waals surface area contributed by atoms with Crippen LogP contribution in [0.1, 0.15) is 21.5 Å². The Labute approximate surface area is 180 Å². The lowest BCUT2D eigenvalue weighted by atomic mass is 10.1. The Kier molecular flexibility index (Phi) is 7.37. The van der Waals surface area contributed by atoms with E-state index in [9.17, 15) is 14.7 Å². The van der Waals surface area contributed by atoms with Gasteiger partial charge in [-0.25, -0.2) is 4.79 Å². The van der Waals surface area contributed by atoms with Crippen molar-refractivity contribution in [1.82, 2.24) is 4.98 Å². The molecule has 0 unspecified atom stereocenters. The predicted molar refractivity (Wildman–Crippen MR) is 117 cm³/mol. The van der Waals surface area contributed by atoms with Gasteiger partial charge in [0.25, 0.3) is 0 Å². The van der Waals surface area contributed by atoms with E-state index in [-0.39, 0.29) is 11.3 Å². The molecule has 0 aliphatic heterocycles. The molecule has 0 bridgehead atoms. The molecular formula is C24H22N2O5. The Bertz CT molecular complexity index is 1080. The van der Waals surface area contributed by atoms with Crippen LogP contribution in [0.15, 0.2) is 73.1 Å². The largest absolute Gasteiger partial charge is 0.493 e. The molecule has 3 aromatic rings. The molecule has 0 saturated carbocycles. The summed E-state index contributed by atoms with van der Waals surface area (Å²) in [6.45, 7) is 0.487. The number of methoxy groups -OCH3 is 1. The molecule has 7 heteroatoms. The number of aromatic carboxylic acids is 1. The third-order valence-corrected chi connectivity index (χ3v) is 4.43. The maximum absolute atomic E-state index is 12.2. The Hall–Kier alpha value is -4.13. The number of pyridine rings is 1. The molecule has 0 aliphatic carbocycles. The molecule has 7 nitrogen and oxygen atoms in total. The van der Waals surface area contributed by atoms with Crippen molar-refractivity contribution in [3.8, 4) is 11.5 Å². The quantitative estimate of drug-likeness (QED) is 0.509. The summed E-state index contributed by atoms with van der Waals surface area (Å²) < 4.78 is 11.2. The molecule has 2 N–H and O–H groups in total. The number of carboxylic acid groups (broad SMARTS) is 1. The average molecular weight is 418 g/mol. The minimum absolute atomic E-state index is 0.0270. The third-order valence-electron chi connectivity index (χ3n) is 4.43. The van der Waals surface area contributed by atoms with Gasteiger partial charge in [-0.05, 0) is 53.6 Å². The highest BCUT2D eigenvalue weighted by Crippen LogP contribution is 2.28. The number of rotatable bonds is 9. The van der Waals surface area contributed by atoms with E-state index in [4.69, 9.17) is 9.47 Å². The summed E-state index contributed by atoms with van der Waals surface area (Å²) in [6, 6.07) is 15.4. The molecule has 0 fully saturated rings. The lowest BCUT2D eigenvalue weighted by molar-refractivity contribution is -0.111. The molecule has 2 aromatic carbocycles. The number of ether oxygens (including phenoxy) is 2. The molecular weight excluding hydrogens is 396 g/mol. The lowest BCUT2D eigenvalue weighted by Crippen LogP contribution is -2.11. The molecule has 31 heavy (non-hydrogen) atoms. The zero-order valence-corrected chi connectivity index (χ0v) is 16.9. The van der Waals surface area contributed by atoms with Gasteiger partial charge in [0.05, 0.1) is 25.0 Å². The molecule has 158 valence electrons. The average Bonchev–Trinajstić information content (AvgIpc) is 2.79. The van der Waals surface area contributed by atoms with Gasteiger partial charge in [-0.3, -0.25) is 9.78 Å². The molecule has 3 rings (SSSR count). The number of anilines is 1. The summed E-state index contributed by atoms with van der Waals surface area (Å²) in [5.41, 5.74) is 2.13. The van der Waals surface area contributed by atoms with Crippen molar-refractivity contribution in [3.63, 3.8) is 0 Å². The zero-order valence-electron chi connectivity index (χ0n) is 16.9. The van der Waals surface area contributed by atoms with Crippen LogP contribution in [0.2, 0.25) is 0 Å². The second-order valence-electron chi connectivity index (χ2n) is 6.54. The summed E-state index contributed by atoms with van der Waals surface area (Å²) >= 11 is 0. The highest BCUT2D eigenvalue weighted by Gasteiger charge is 2.10. The monoisotopic (exact) mass is 418 g/mol. The van der Waals surface area contributed by atoms with Crippen LogP contribution in [0.25, 0.3) is 6.08 Å². The number of amides is 1.